The lowest BCUT2D eigenvalue weighted by molar-refractivity contribution is -0.219. The largest absolute Gasteiger partial charge is 0.308 e. The third kappa shape index (κ3) is 2.87. The van der Waals surface area contributed by atoms with Gasteiger partial charge in [0, 0.05) is 18.3 Å². The molecular weight excluding hydrogens is 418 g/mol. The zero-order chi connectivity index (χ0) is 24.9. The third-order valence-corrected chi connectivity index (χ3v) is 13.0. The Kier molecular flexibility index (Phi) is 5.21. The molecule has 0 aromatic rings. The molecule has 0 bridgehead atoms. The fourth-order valence-electron chi connectivity index (χ4n) is 10.6. The van der Waals surface area contributed by atoms with Gasteiger partial charge in [0.1, 0.15) is 5.78 Å². The molecule has 186 valence electrons. The number of carbonyl (C=O) groups is 2. The van der Waals surface area contributed by atoms with Crippen LogP contribution in [0.3, 0.4) is 0 Å². The standard InChI is InChI=1S/C31H45NO2/c1-9-31-14-12-27(3,4)17-21(31)25-23(33)16-24-28(5)18-22(32-8)26(34)19(2)20(28)10-11-29(24,6)30(25,7)13-15-31/h18-21,24-25H,9-17H2,1-7H3/t19-,20-,21-,24+,25-,28-,29+,30+,31+/m0/s1. The molecule has 0 saturated heterocycles. The molecule has 5 aliphatic rings. The van der Waals surface area contributed by atoms with Gasteiger partial charge in [-0.05, 0) is 89.8 Å². The van der Waals surface area contributed by atoms with Gasteiger partial charge in [-0.15, -0.1) is 0 Å². The first-order valence-electron chi connectivity index (χ1n) is 14.0. The molecule has 4 saturated carbocycles. The summed E-state index contributed by atoms with van der Waals surface area (Å²) in [5, 5.41) is 0. The molecular formula is C31H45NO2. The molecule has 0 heterocycles. The van der Waals surface area contributed by atoms with Crippen molar-refractivity contribution in [3.63, 3.8) is 0 Å². The Hall–Kier alpha value is -1.43. The van der Waals surface area contributed by atoms with Crippen LogP contribution in [0.4, 0.5) is 0 Å². The maximum Gasteiger partial charge on any atom is 0.226 e. The summed E-state index contributed by atoms with van der Waals surface area (Å²) in [4.78, 5) is 30.9. The zero-order valence-corrected chi connectivity index (χ0v) is 22.6. The van der Waals surface area contributed by atoms with Crippen LogP contribution in [0.2, 0.25) is 0 Å². The van der Waals surface area contributed by atoms with Crippen molar-refractivity contribution in [2.24, 2.45) is 56.7 Å². The van der Waals surface area contributed by atoms with Gasteiger partial charge >= 0.3 is 0 Å². The lowest BCUT2D eigenvalue weighted by Gasteiger charge is -2.71. The number of allylic oxidation sites excluding steroid dienone is 2. The smallest absolute Gasteiger partial charge is 0.226 e. The highest BCUT2D eigenvalue weighted by molar-refractivity contribution is 6.00. The van der Waals surface area contributed by atoms with E-state index in [0.29, 0.717) is 34.6 Å². The van der Waals surface area contributed by atoms with Gasteiger partial charge in [-0.25, -0.2) is 4.85 Å². The van der Waals surface area contributed by atoms with Crippen LogP contribution in [-0.2, 0) is 9.59 Å². The minimum Gasteiger partial charge on any atom is -0.308 e. The molecule has 3 heteroatoms. The van der Waals surface area contributed by atoms with Gasteiger partial charge in [0.15, 0.2) is 5.78 Å². The maximum atomic E-state index is 14.3. The average Bonchev–Trinajstić information content (AvgIpc) is 2.77. The molecule has 0 aromatic heterocycles. The maximum absolute atomic E-state index is 14.3. The van der Waals surface area contributed by atoms with Crippen molar-refractivity contribution in [3.05, 3.63) is 23.2 Å². The van der Waals surface area contributed by atoms with E-state index in [4.69, 9.17) is 6.57 Å². The molecule has 0 aromatic carbocycles. The Morgan fingerprint density at radius 2 is 1.65 bits per heavy atom. The lowest BCUT2D eigenvalue weighted by Crippen LogP contribution is -2.67. The van der Waals surface area contributed by atoms with E-state index < -0.39 is 0 Å². The molecule has 9 atom stereocenters. The van der Waals surface area contributed by atoms with Crippen molar-refractivity contribution < 1.29 is 9.59 Å². The van der Waals surface area contributed by atoms with E-state index in [9.17, 15) is 9.59 Å². The number of hydrogen-bond donors (Lipinski definition) is 0. The number of carbonyl (C=O) groups excluding carboxylic acids is 2. The molecule has 5 aliphatic carbocycles. The predicted molar refractivity (Wildman–Crippen MR) is 136 cm³/mol. The summed E-state index contributed by atoms with van der Waals surface area (Å²) in [6, 6.07) is 0. The minimum absolute atomic E-state index is 0.00542. The molecule has 0 unspecified atom stereocenters. The second-order valence-electron chi connectivity index (χ2n) is 14.5. The van der Waals surface area contributed by atoms with E-state index in [-0.39, 0.29) is 45.7 Å². The summed E-state index contributed by atoms with van der Waals surface area (Å²) in [6.07, 6.45) is 12.1. The van der Waals surface area contributed by atoms with Crippen molar-refractivity contribution in [1.82, 2.24) is 0 Å². The van der Waals surface area contributed by atoms with Crippen LogP contribution in [0.25, 0.3) is 4.85 Å². The molecule has 34 heavy (non-hydrogen) atoms. The van der Waals surface area contributed by atoms with Crippen LogP contribution in [-0.4, -0.2) is 11.6 Å². The Labute approximate surface area is 207 Å². The summed E-state index contributed by atoms with van der Waals surface area (Å²) < 4.78 is 0. The van der Waals surface area contributed by atoms with Crippen LogP contribution < -0.4 is 0 Å². The van der Waals surface area contributed by atoms with E-state index in [1.54, 1.807) is 0 Å². The first kappa shape index (κ1) is 24.3. The van der Waals surface area contributed by atoms with Gasteiger partial charge in [0.2, 0.25) is 5.70 Å². The zero-order valence-electron chi connectivity index (χ0n) is 22.6. The Bertz CT molecular complexity index is 1000. The molecule has 0 aliphatic heterocycles. The molecule has 4 fully saturated rings. The van der Waals surface area contributed by atoms with Gasteiger partial charge in [-0.2, -0.15) is 0 Å². The van der Waals surface area contributed by atoms with Crippen molar-refractivity contribution >= 4 is 11.6 Å². The highest BCUT2D eigenvalue weighted by Crippen LogP contribution is 2.75. The fourth-order valence-corrected chi connectivity index (χ4v) is 10.6. The monoisotopic (exact) mass is 463 g/mol. The normalized spacial score (nSPS) is 51.8. The quantitative estimate of drug-likeness (QED) is 0.374. The number of Topliss-reactive ketones (excluding diaryl/α,β-unsaturated/α-hetero) is 2. The Morgan fingerprint density at radius 1 is 0.971 bits per heavy atom. The number of nitrogens with zero attached hydrogens (tertiary/aromatic N) is 1. The van der Waals surface area contributed by atoms with Crippen LogP contribution in [0.1, 0.15) is 106 Å². The summed E-state index contributed by atoms with van der Waals surface area (Å²) in [5.41, 5.74) is 0.766. The minimum atomic E-state index is -0.255. The van der Waals surface area contributed by atoms with Crippen LogP contribution in [0.15, 0.2) is 11.8 Å². The Morgan fingerprint density at radius 3 is 2.29 bits per heavy atom. The molecule has 0 radical (unpaired) electrons. The first-order valence-corrected chi connectivity index (χ1v) is 14.0. The van der Waals surface area contributed by atoms with Crippen molar-refractivity contribution in [1.29, 1.82) is 0 Å². The Balaban J connectivity index is 1.62. The molecule has 0 spiro atoms. The first-order chi connectivity index (χ1) is 15.8. The highest BCUT2D eigenvalue weighted by atomic mass is 16.1. The molecule has 3 nitrogen and oxygen atoms in total. The molecule has 0 amide bonds. The average molecular weight is 464 g/mol. The predicted octanol–water partition coefficient (Wildman–Crippen LogP) is 7.66. The molecule has 5 rings (SSSR count). The van der Waals surface area contributed by atoms with Crippen LogP contribution >= 0.6 is 0 Å². The number of hydrogen-bond acceptors (Lipinski definition) is 2. The van der Waals surface area contributed by atoms with E-state index in [0.717, 1.165) is 19.3 Å². The van der Waals surface area contributed by atoms with Crippen LogP contribution in [0, 0.1) is 63.2 Å². The highest BCUT2D eigenvalue weighted by Gasteiger charge is 2.70. The van der Waals surface area contributed by atoms with Gasteiger partial charge in [0.05, 0.1) is 6.57 Å². The molecule has 0 N–H and O–H groups in total. The summed E-state index contributed by atoms with van der Waals surface area (Å²) >= 11 is 0. The summed E-state index contributed by atoms with van der Waals surface area (Å²) in [5.74, 6) is 1.50. The second-order valence-corrected chi connectivity index (χ2v) is 14.5. The number of ketones is 2. The van der Waals surface area contributed by atoms with Crippen molar-refractivity contribution in [2.45, 2.75) is 106 Å². The van der Waals surface area contributed by atoms with Gasteiger partial charge < -0.3 is 4.79 Å². The number of rotatable bonds is 1. The lowest BCUT2D eigenvalue weighted by atomic mass is 9.32. The van der Waals surface area contributed by atoms with Gasteiger partial charge in [0.25, 0.3) is 0 Å². The van der Waals surface area contributed by atoms with Crippen molar-refractivity contribution in [3.8, 4) is 0 Å². The van der Waals surface area contributed by atoms with Gasteiger partial charge in [-0.3, -0.25) is 4.79 Å². The van der Waals surface area contributed by atoms with E-state index >= 15 is 0 Å². The van der Waals surface area contributed by atoms with E-state index in [1.807, 2.05) is 13.0 Å². The summed E-state index contributed by atoms with van der Waals surface area (Å²) in [7, 11) is 0. The van der Waals surface area contributed by atoms with Crippen LogP contribution in [0.5, 0.6) is 0 Å². The SMILES string of the molecule is [C-]#[N+]C1=C[C@]2(C)[C@H]3CC(=O)[C@@H]4[C@@H]5CC(C)(C)CC[C@]5(CC)CC[C@@]4(C)[C@]3(C)CC[C@H]2[C@H](C)C1=O. The topological polar surface area (TPSA) is 38.5 Å². The van der Waals surface area contributed by atoms with E-state index in [1.165, 1.54) is 32.1 Å². The number of fused-ring (bicyclic) bond motifs is 7. The third-order valence-electron chi connectivity index (χ3n) is 13.0. The van der Waals surface area contributed by atoms with Gasteiger partial charge in [-0.1, -0.05) is 61.0 Å². The summed E-state index contributed by atoms with van der Waals surface area (Å²) in [6.45, 7) is 24.2. The fraction of sp³-hybridized carbons (Fsp3) is 0.839. The second kappa shape index (κ2) is 7.30. The van der Waals surface area contributed by atoms with E-state index in [2.05, 4.69) is 46.4 Å². The van der Waals surface area contributed by atoms with Crippen molar-refractivity contribution in [2.75, 3.05) is 0 Å².